The molecule has 1 fully saturated rings. The SMILES string of the molecule is Cc1cc(C)cc(C2CCC(c3cc(C)cc(C)c3)[P]2(O)N(C)C)c1. The number of nitrogens with zero attached hydrogens (tertiary/aromatic N) is 1. The topological polar surface area (TPSA) is 23.5 Å². The normalized spacial score (nSPS) is 26.4. The van der Waals surface area contributed by atoms with Gasteiger partial charge in [-0.05, 0) is 65.8 Å². The van der Waals surface area contributed by atoms with Crippen LogP contribution in [-0.2, 0) is 0 Å². The van der Waals surface area contributed by atoms with E-state index in [1.165, 1.54) is 33.4 Å². The lowest BCUT2D eigenvalue weighted by Crippen LogP contribution is -2.20. The number of rotatable bonds is 3. The molecule has 1 saturated heterocycles. The zero-order valence-corrected chi connectivity index (χ0v) is 17.3. The van der Waals surface area contributed by atoms with Gasteiger partial charge < -0.3 is 4.89 Å². The largest absolute Gasteiger partial charge is 0.364 e. The van der Waals surface area contributed by atoms with Crippen LogP contribution in [-0.4, -0.2) is 23.7 Å². The first-order valence-corrected chi connectivity index (χ1v) is 11.0. The predicted molar refractivity (Wildman–Crippen MR) is 109 cm³/mol. The quantitative estimate of drug-likeness (QED) is 0.692. The molecule has 0 aliphatic carbocycles. The van der Waals surface area contributed by atoms with Crippen molar-refractivity contribution in [2.75, 3.05) is 14.1 Å². The number of hydrogen-bond donors (Lipinski definition) is 1. The molecule has 2 aromatic rings. The van der Waals surface area contributed by atoms with Crippen molar-refractivity contribution in [1.29, 1.82) is 0 Å². The summed E-state index contributed by atoms with van der Waals surface area (Å²) in [4.78, 5) is 12.0. The van der Waals surface area contributed by atoms with E-state index in [0.29, 0.717) is 0 Å². The van der Waals surface area contributed by atoms with Crippen LogP contribution in [0.25, 0.3) is 0 Å². The minimum absolute atomic E-state index is 0.243. The van der Waals surface area contributed by atoms with Crippen LogP contribution < -0.4 is 0 Å². The molecule has 0 saturated carbocycles. The molecular weight excluding hydrogens is 325 g/mol. The van der Waals surface area contributed by atoms with Crippen molar-refractivity contribution >= 4 is 7.64 Å². The van der Waals surface area contributed by atoms with Crippen LogP contribution in [0, 0.1) is 27.7 Å². The first-order valence-electron chi connectivity index (χ1n) is 9.17. The van der Waals surface area contributed by atoms with Gasteiger partial charge in [0.15, 0.2) is 0 Å². The van der Waals surface area contributed by atoms with Crippen molar-refractivity contribution in [1.82, 2.24) is 4.67 Å². The Labute approximate surface area is 153 Å². The fourth-order valence-electron chi connectivity index (χ4n) is 4.65. The molecule has 2 unspecified atom stereocenters. The zero-order chi connectivity index (χ0) is 18.4. The third-order valence-electron chi connectivity index (χ3n) is 5.53. The summed E-state index contributed by atoms with van der Waals surface area (Å²) in [7, 11) is 1.82. The van der Waals surface area contributed by atoms with Gasteiger partial charge in [-0.25, -0.2) is 0 Å². The summed E-state index contributed by atoms with van der Waals surface area (Å²) in [5.41, 5.74) is 8.26. The highest BCUT2D eigenvalue weighted by atomic mass is 31.2. The van der Waals surface area contributed by atoms with Crippen molar-refractivity contribution in [2.45, 2.75) is 51.9 Å². The van der Waals surface area contributed by atoms with E-state index < -0.39 is 7.64 Å². The monoisotopic (exact) mass is 356 g/mol. The Morgan fingerprint density at radius 1 is 0.720 bits per heavy atom. The van der Waals surface area contributed by atoms with Crippen molar-refractivity contribution in [3.05, 3.63) is 69.8 Å². The van der Waals surface area contributed by atoms with Gasteiger partial charge in [0.05, 0.1) is 7.64 Å². The fourth-order valence-corrected chi connectivity index (χ4v) is 8.43. The average molecular weight is 356 g/mol. The van der Waals surface area contributed by atoms with Crippen molar-refractivity contribution < 1.29 is 4.89 Å². The van der Waals surface area contributed by atoms with E-state index in [2.05, 4.69) is 82.9 Å². The molecule has 1 aliphatic rings. The molecule has 3 heteroatoms. The number of aryl methyl sites for hydroxylation is 4. The summed E-state index contributed by atoms with van der Waals surface area (Å²) in [6.07, 6.45) is 2.12. The van der Waals surface area contributed by atoms with Gasteiger partial charge in [0.2, 0.25) is 0 Å². The maximum absolute atomic E-state index is 12.0. The molecule has 1 N–H and O–H groups in total. The molecule has 1 heterocycles. The van der Waals surface area contributed by atoms with Crippen molar-refractivity contribution in [3.8, 4) is 0 Å². The minimum atomic E-state index is -2.30. The first-order chi connectivity index (χ1) is 11.7. The maximum atomic E-state index is 12.0. The van der Waals surface area contributed by atoms with E-state index in [9.17, 15) is 4.89 Å². The molecule has 0 bridgehead atoms. The Kier molecular flexibility index (Phi) is 5.08. The van der Waals surface area contributed by atoms with Gasteiger partial charge in [-0.2, -0.15) is 0 Å². The molecule has 0 spiro atoms. The summed E-state index contributed by atoms with van der Waals surface area (Å²) in [6.45, 7) is 8.61. The molecule has 1 radical (unpaired) electrons. The number of hydrogen-bond acceptors (Lipinski definition) is 2. The van der Waals surface area contributed by atoms with E-state index in [-0.39, 0.29) is 11.3 Å². The lowest BCUT2D eigenvalue weighted by molar-refractivity contribution is 0.480. The molecular formula is C22H31NOP. The van der Waals surface area contributed by atoms with Crippen LogP contribution in [0.4, 0.5) is 0 Å². The molecule has 2 atom stereocenters. The molecule has 2 aromatic carbocycles. The van der Waals surface area contributed by atoms with Crippen molar-refractivity contribution in [3.63, 3.8) is 0 Å². The van der Waals surface area contributed by atoms with E-state index in [1.54, 1.807) is 0 Å². The Hall–Kier alpha value is -1.21. The highest BCUT2D eigenvalue weighted by Gasteiger charge is 2.50. The van der Waals surface area contributed by atoms with Crippen LogP contribution in [0.2, 0.25) is 0 Å². The second kappa shape index (κ2) is 6.83. The summed E-state index contributed by atoms with van der Waals surface area (Å²) in [5.74, 6) is 0. The molecule has 2 nitrogen and oxygen atoms in total. The molecule has 3 rings (SSSR count). The Morgan fingerprint density at radius 3 is 1.32 bits per heavy atom. The highest BCUT2D eigenvalue weighted by molar-refractivity contribution is 7.69. The van der Waals surface area contributed by atoms with Gasteiger partial charge in [-0.15, -0.1) is 0 Å². The highest BCUT2D eigenvalue weighted by Crippen LogP contribution is 2.83. The third-order valence-corrected chi connectivity index (χ3v) is 9.76. The van der Waals surface area contributed by atoms with Gasteiger partial charge in [-0.3, -0.25) is 4.67 Å². The predicted octanol–water partition coefficient (Wildman–Crippen LogP) is 5.90. The van der Waals surface area contributed by atoms with Gasteiger partial charge in [0.1, 0.15) is 0 Å². The van der Waals surface area contributed by atoms with E-state index in [0.717, 1.165) is 12.8 Å². The van der Waals surface area contributed by atoms with Gasteiger partial charge in [0.25, 0.3) is 0 Å². The van der Waals surface area contributed by atoms with Crippen LogP contribution in [0.1, 0.15) is 57.5 Å². The van der Waals surface area contributed by atoms with E-state index in [4.69, 9.17) is 0 Å². The van der Waals surface area contributed by atoms with Crippen LogP contribution in [0.5, 0.6) is 0 Å². The summed E-state index contributed by atoms with van der Waals surface area (Å²) in [5, 5.41) is 0. The van der Waals surface area contributed by atoms with Gasteiger partial charge in [0, 0.05) is 11.3 Å². The van der Waals surface area contributed by atoms with E-state index >= 15 is 0 Å². The minimum Gasteiger partial charge on any atom is -0.364 e. The number of benzene rings is 2. The lowest BCUT2D eigenvalue weighted by Gasteiger charge is -2.43. The van der Waals surface area contributed by atoms with Crippen LogP contribution in [0.15, 0.2) is 36.4 Å². The molecule has 1 aliphatic heterocycles. The van der Waals surface area contributed by atoms with Gasteiger partial charge >= 0.3 is 0 Å². The smallest absolute Gasteiger partial charge is 0.0589 e. The molecule has 25 heavy (non-hydrogen) atoms. The van der Waals surface area contributed by atoms with Crippen LogP contribution in [0.3, 0.4) is 0 Å². The Balaban J connectivity index is 2.08. The zero-order valence-electron chi connectivity index (χ0n) is 16.4. The van der Waals surface area contributed by atoms with Crippen molar-refractivity contribution in [2.24, 2.45) is 0 Å². The fraction of sp³-hybridized carbons (Fsp3) is 0.455. The second-order valence-electron chi connectivity index (χ2n) is 8.00. The first kappa shape index (κ1) is 18.6. The molecule has 0 aromatic heterocycles. The standard InChI is InChI=1S/C22H31NOP/c1-15-9-16(2)12-19(11-15)21-7-8-22(25(21,24)23(5)6)20-13-17(3)10-18(4)14-20/h9-14,21-22,24H,7-8H2,1-6H3. The Morgan fingerprint density at radius 2 is 1.04 bits per heavy atom. The van der Waals surface area contributed by atoms with E-state index in [1.807, 2.05) is 0 Å². The maximum Gasteiger partial charge on any atom is 0.0589 e. The molecule has 0 amide bonds. The summed E-state index contributed by atoms with van der Waals surface area (Å²) in [6, 6.07) is 13.5. The average Bonchev–Trinajstić information content (AvgIpc) is 2.84. The van der Waals surface area contributed by atoms with Gasteiger partial charge in [-0.1, -0.05) is 58.7 Å². The lowest BCUT2D eigenvalue weighted by atomic mass is 9.99. The third kappa shape index (κ3) is 3.40. The Bertz CT molecular complexity index is 684. The second-order valence-corrected chi connectivity index (χ2v) is 11.4. The summed E-state index contributed by atoms with van der Waals surface area (Å²) < 4.78 is 2.14. The van der Waals surface area contributed by atoms with Crippen LogP contribution >= 0.6 is 7.64 Å². The molecule has 135 valence electrons. The summed E-state index contributed by atoms with van der Waals surface area (Å²) >= 11 is 0.